The van der Waals surface area contributed by atoms with Crippen LogP contribution >= 0.6 is 0 Å². The SMILES string of the molecule is COC[C@H](C)Nc1cccc(-c2ccc3cnc(CNC(=O)c4ccc(C(F)F)c(S(C)(=O)=O)c4)cc3n2)n1. The van der Waals surface area contributed by atoms with Crippen LogP contribution in [0.1, 0.15) is 35.0 Å². The minimum absolute atomic E-state index is 0.0144. The first-order valence-corrected chi connectivity index (χ1v) is 13.8. The number of halogens is 2. The molecule has 3 heterocycles. The van der Waals surface area contributed by atoms with Crippen LogP contribution in [-0.2, 0) is 21.1 Å². The summed E-state index contributed by atoms with van der Waals surface area (Å²) >= 11 is 0. The second-order valence-corrected chi connectivity index (χ2v) is 11.0. The van der Waals surface area contributed by atoms with Crippen molar-refractivity contribution in [3.8, 4) is 11.4 Å². The number of sulfone groups is 1. The van der Waals surface area contributed by atoms with Gasteiger partial charge < -0.3 is 15.4 Å². The number of benzene rings is 1. The van der Waals surface area contributed by atoms with Gasteiger partial charge in [0.05, 0.1) is 40.6 Å². The van der Waals surface area contributed by atoms with Gasteiger partial charge in [0.15, 0.2) is 9.84 Å². The van der Waals surface area contributed by atoms with Crippen molar-refractivity contribution in [2.45, 2.75) is 30.8 Å². The Morgan fingerprint density at radius 2 is 1.82 bits per heavy atom. The maximum atomic E-state index is 13.2. The number of pyridine rings is 3. The van der Waals surface area contributed by atoms with Crippen LogP contribution in [-0.4, -0.2) is 55.3 Å². The first-order valence-electron chi connectivity index (χ1n) is 11.9. The van der Waals surface area contributed by atoms with Crippen molar-refractivity contribution in [2.75, 3.05) is 25.3 Å². The molecule has 0 saturated heterocycles. The zero-order chi connectivity index (χ0) is 28.2. The quantitative estimate of drug-likeness (QED) is 0.295. The molecule has 0 aliphatic rings. The molecule has 1 atom stereocenters. The number of fused-ring (bicyclic) bond motifs is 1. The number of methoxy groups -OCH3 is 1. The summed E-state index contributed by atoms with van der Waals surface area (Å²) in [5, 5.41) is 6.71. The van der Waals surface area contributed by atoms with E-state index in [2.05, 4.69) is 20.6 Å². The predicted octanol–water partition coefficient (Wildman–Crippen LogP) is 4.41. The number of anilines is 1. The minimum atomic E-state index is -3.96. The van der Waals surface area contributed by atoms with Crippen molar-refractivity contribution in [2.24, 2.45) is 0 Å². The van der Waals surface area contributed by atoms with Crippen LogP contribution in [0.2, 0.25) is 0 Å². The zero-order valence-electron chi connectivity index (χ0n) is 21.5. The van der Waals surface area contributed by atoms with E-state index in [1.165, 1.54) is 6.07 Å². The number of nitrogens with zero attached hydrogens (tertiary/aromatic N) is 3. The van der Waals surface area contributed by atoms with Crippen molar-refractivity contribution < 1.29 is 26.7 Å². The summed E-state index contributed by atoms with van der Waals surface area (Å²) in [7, 11) is -2.32. The molecular weight excluding hydrogens is 528 g/mol. The number of alkyl halides is 2. The Labute approximate surface area is 224 Å². The van der Waals surface area contributed by atoms with E-state index in [9.17, 15) is 22.0 Å². The highest BCUT2D eigenvalue weighted by molar-refractivity contribution is 7.90. The van der Waals surface area contributed by atoms with Gasteiger partial charge in [0.2, 0.25) is 0 Å². The Hall–Kier alpha value is -4.03. The molecule has 0 aliphatic carbocycles. The normalized spacial score (nSPS) is 12.5. The lowest BCUT2D eigenvalue weighted by Gasteiger charge is -2.14. The molecule has 0 radical (unpaired) electrons. The lowest BCUT2D eigenvalue weighted by molar-refractivity contribution is 0.0949. The third kappa shape index (κ3) is 6.89. The number of nitrogens with one attached hydrogen (secondary N) is 2. The highest BCUT2D eigenvalue weighted by Gasteiger charge is 2.22. The predicted molar refractivity (Wildman–Crippen MR) is 143 cm³/mol. The monoisotopic (exact) mass is 555 g/mol. The average Bonchev–Trinajstić information content (AvgIpc) is 2.90. The summed E-state index contributed by atoms with van der Waals surface area (Å²) in [6, 6.07) is 14.2. The van der Waals surface area contributed by atoms with Gasteiger partial charge in [-0.3, -0.25) is 9.78 Å². The van der Waals surface area contributed by atoms with Crippen molar-refractivity contribution in [3.05, 3.63) is 77.6 Å². The molecule has 204 valence electrons. The molecule has 3 aromatic heterocycles. The summed E-state index contributed by atoms with van der Waals surface area (Å²) in [5.74, 6) is 0.0678. The fraction of sp³-hybridized carbons (Fsp3) is 0.259. The number of hydrogen-bond acceptors (Lipinski definition) is 8. The van der Waals surface area contributed by atoms with Crippen LogP contribution in [0.25, 0.3) is 22.3 Å². The average molecular weight is 556 g/mol. The van der Waals surface area contributed by atoms with Crippen LogP contribution in [0.4, 0.5) is 14.6 Å². The first-order chi connectivity index (χ1) is 18.5. The van der Waals surface area contributed by atoms with Gasteiger partial charge in [-0.1, -0.05) is 12.1 Å². The van der Waals surface area contributed by atoms with E-state index >= 15 is 0 Å². The van der Waals surface area contributed by atoms with Gasteiger partial charge in [-0.2, -0.15) is 0 Å². The zero-order valence-corrected chi connectivity index (χ0v) is 22.3. The molecule has 2 N–H and O–H groups in total. The van der Waals surface area contributed by atoms with Crippen LogP contribution in [0.15, 0.2) is 65.7 Å². The van der Waals surface area contributed by atoms with E-state index in [4.69, 9.17) is 9.72 Å². The number of carbonyl (C=O) groups is 1. The van der Waals surface area contributed by atoms with Gasteiger partial charge >= 0.3 is 0 Å². The number of amides is 1. The van der Waals surface area contributed by atoms with E-state index < -0.39 is 32.6 Å². The third-order valence-corrected chi connectivity index (χ3v) is 6.95. The van der Waals surface area contributed by atoms with Crippen LogP contribution in [0.3, 0.4) is 0 Å². The minimum Gasteiger partial charge on any atom is -0.383 e. The standard InChI is InChI=1S/C27H27F2N5O4S/c1-16(15-38-2)32-25-6-4-5-21(34-25)22-10-8-18-13-30-19(12-23(18)33-22)14-31-27(35)17-7-9-20(26(28)29)24(11-17)39(3,36)37/h4-13,16,26H,14-15H2,1-3H3,(H,31,35)(H,32,34)/t16-/m0/s1. The van der Waals surface area contributed by atoms with Gasteiger partial charge in [-0.15, -0.1) is 0 Å². The number of carbonyl (C=O) groups excluding carboxylic acids is 1. The topological polar surface area (TPSA) is 123 Å². The molecule has 0 fully saturated rings. The second kappa shape index (κ2) is 11.8. The summed E-state index contributed by atoms with van der Waals surface area (Å²) in [5.41, 5.74) is 1.77. The van der Waals surface area contributed by atoms with Crippen molar-refractivity contribution >= 4 is 32.5 Å². The Morgan fingerprint density at radius 1 is 1.05 bits per heavy atom. The Balaban J connectivity index is 1.52. The number of aromatic nitrogens is 3. The highest BCUT2D eigenvalue weighted by Crippen LogP contribution is 2.27. The molecule has 0 unspecified atom stereocenters. The summed E-state index contributed by atoms with van der Waals surface area (Å²) in [6.45, 7) is 2.54. The van der Waals surface area contributed by atoms with Gasteiger partial charge in [0.25, 0.3) is 12.3 Å². The number of ether oxygens (including phenoxy) is 1. The molecule has 39 heavy (non-hydrogen) atoms. The largest absolute Gasteiger partial charge is 0.383 e. The van der Waals surface area contributed by atoms with E-state index in [1.807, 2.05) is 37.3 Å². The lowest BCUT2D eigenvalue weighted by Crippen LogP contribution is -2.23. The molecule has 0 bridgehead atoms. The number of rotatable bonds is 10. The maximum Gasteiger partial charge on any atom is 0.265 e. The lowest BCUT2D eigenvalue weighted by atomic mass is 10.1. The first kappa shape index (κ1) is 28.0. The fourth-order valence-corrected chi connectivity index (χ4v) is 4.88. The molecule has 1 aromatic carbocycles. The molecule has 4 aromatic rings. The Kier molecular flexibility index (Phi) is 8.46. The smallest absolute Gasteiger partial charge is 0.265 e. The third-order valence-electron chi connectivity index (χ3n) is 5.79. The molecule has 9 nitrogen and oxygen atoms in total. The molecule has 0 saturated carbocycles. The van der Waals surface area contributed by atoms with Crippen LogP contribution < -0.4 is 10.6 Å². The van der Waals surface area contributed by atoms with Gasteiger partial charge in [-0.05, 0) is 49.4 Å². The molecule has 1 amide bonds. The van der Waals surface area contributed by atoms with E-state index in [-0.39, 0.29) is 18.2 Å². The molecule has 4 rings (SSSR count). The number of hydrogen-bond donors (Lipinski definition) is 2. The van der Waals surface area contributed by atoms with E-state index in [0.29, 0.717) is 35.0 Å². The van der Waals surface area contributed by atoms with E-state index in [1.54, 1.807) is 19.4 Å². The van der Waals surface area contributed by atoms with Crippen molar-refractivity contribution in [1.29, 1.82) is 0 Å². The van der Waals surface area contributed by atoms with Gasteiger partial charge in [0.1, 0.15) is 5.82 Å². The Bertz CT molecular complexity index is 1620. The van der Waals surface area contributed by atoms with E-state index in [0.717, 1.165) is 23.8 Å². The van der Waals surface area contributed by atoms with Gasteiger partial charge in [-0.25, -0.2) is 27.2 Å². The summed E-state index contributed by atoms with van der Waals surface area (Å²) in [6.07, 6.45) is -0.537. The highest BCUT2D eigenvalue weighted by atomic mass is 32.2. The van der Waals surface area contributed by atoms with Crippen molar-refractivity contribution in [1.82, 2.24) is 20.3 Å². The van der Waals surface area contributed by atoms with Gasteiger partial charge in [0, 0.05) is 42.1 Å². The molecule has 12 heteroatoms. The molecule has 0 spiro atoms. The summed E-state index contributed by atoms with van der Waals surface area (Å²) in [4.78, 5) is 25.8. The second-order valence-electron chi connectivity index (χ2n) is 8.98. The fourth-order valence-electron chi connectivity index (χ4n) is 3.95. The molecule has 0 aliphatic heterocycles. The van der Waals surface area contributed by atoms with Crippen LogP contribution in [0.5, 0.6) is 0 Å². The van der Waals surface area contributed by atoms with Crippen LogP contribution in [0, 0.1) is 0 Å². The maximum absolute atomic E-state index is 13.2. The molecular formula is C27H27F2N5O4S. The Morgan fingerprint density at radius 3 is 2.54 bits per heavy atom. The van der Waals surface area contributed by atoms with Crippen molar-refractivity contribution in [3.63, 3.8) is 0 Å². The summed E-state index contributed by atoms with van der Waals surface area (Å²) < 4.78 is 55.5.